The molecule has 0 spiro atoms. The average molecular weight is 430 g/mol. The van der Waals surface area contributed by atoms with Crippen LogP contribution in [-0.2, 0) is 17.8 Å². The minimum Gasteiger partial charge on any atom is -0.351 e. The second-order valence-corrected chi connectivity index (χ2v) is 9.45. The zero-order valence-corrected chi connectivity index (χ0v) is 18.7. The molecule has 0 bridgehead atoms. The Kier molecular flexibility index (Phi) is 5.50. The maximum absolute atomic E-state index is 13.7. The van der Waals surface area contributed by atoms with Crippen molar-refractivity contribution in [3.05, 3.63) is 71.9 Å². The van der Waals surface area contributed by atoms with E-state index in [1.54, 1.807) is 0 Å². The molecule has 166 valence electrons. The summed E-state index contributed by atoms with van der Waals surface area (Å²) in [6, 6.07) is 20.6. The van der Waals surface area contributed by atoms with Crippen molar-refractivity contribution in [3.8, 4) is 0 Å². The quantitative estimate of drug-likeness (QED) is 0.625. The molecule has 0 radical (unpaired) electrons. The number of aryl methyl sites for hydroxylation is 1. The number of amides is 2. The van der Waals surface area contributed by atoms with Crippen LogP contribution in [0.5, 0.6) is 0 Å². The molecule has 0 saturated heterocycles. The molecule has 1 saturated carbocycles. The highest BCUT2D eigenvalue weighted by Crippen LogP contribution is 2.33. The van der Waals surface area contributed by atoms with E-state index in [1.165, 1.54) is 5.56 Å². The van der Waals surface area contributed by atoms with Crippen LogP contribution in [0.25, 0.3) is 10.9 Å². The molecule has 1 aliphatic carbocycles. The minimum absolute atomic E-state index is 0.0270. The maximum atomic E-state index is 13.7. The number of rotatable bonds is 6. The van der Waals surface area contributed by atoms with Crippen molar-refractivity contribution in [2.75, 3.05) is 6.54 Å². The van der Waals surface area contributed by atoms with Gasteiger partial charge >= 0.3 is 0 Å². The lowest BCUT2D eigenvalue weighted by atomic mass is 9.93. The van der Waals surface area contributed by atoms with Crippen LogP contribution in [0.15, 0.2) is 60.7 Å². The summed E-state index contributed by atoms with van der Waals surface area (Å²) in [5.74, 6) is -0.0783. The highest BCUT2D eigenvalue weighted by Gasteiger charge is 2.47. The van der Waals surface area contributed by atoms with Crippen molar-refractivity contribution in [1.82, 2.24) is 14.8 Å². The number of hydrogen-bond donors (Lipinski definition) is 1. The van der Waals surface area contributed by atoms with E-state index >= 15 is 0 Å². The average Bonchev–Trinajstić information content (AvgIpc) is 3.45. The first kappa shape index (κ1) is 20.8. The minimum atomic E-state index is -0.912. The van der Waals surface area contributed by atoms with Crippen LogP contribution in [-0.4, -0.2) is 39.4 Å². The van der Waals surface area contributed by atoms with Crippen LogP contribution in [0.2, 0.25) is 0 Å². The Morgan fingerprint density at radius 1 is 1.06 bits per heavy atom. The Bertz CT molecular complexity index is 1130. The Hall–Kier alpha value is -3.08. The molecular formula is C27H31N3O2. The molecule has 5 rings (SSSR count). The van der Waals surface area contributed by atoms with Crippen molar-refractivity contribution in [2.24, 2.45) is 0 Å². The highest BCUT2D eigenvalue weighted by atomic mass is 16.2. The SMILES string of the molecule is C[C@]1(C(=O)NC2CCCC2)Cn2c(cc3ccccc32)C(=O)N1CCCc1ccccc1. The van der Waals surface area contributed by atoms with Gasteiger partial charge in [0, 0.05) is 23.5 Å². The standard InChI is InChI=1S/C27H31N3O2/c1-27(26(32)28-22-14-6-7-15-22)19-29-23-16-8-5-13-21(23)18-24(29)25(31)30(27)17-9-12-20-10-3-2-4-11-20/h2-5,8,10-11,13,16,18,22H,6-7,9,12,14-15,17,19H2,1H3,(H,28,32)/t27-/m1/s1. The van der Waals surface area contributed by atoms with Gasteiger partial charge in [-0.15, -0.1) is 0 Å². The molecule has 1 aromatic heterocycles. The monoisotopic (exact) mass is 429 g/mol. The van der Waals surface area contributed by atoms with Gasteiger partial charge in [0.25, 0.3) is 5.91 Å². The summed E-state index contributed by atoms with van der Waals surface area (Å²) in [6.45, 7) is 2.98. The van der Waals surface area contributed by atoms with Crippen molar-refractivity contribution < 1.29 is 9.59 Å². The van der Waals surface area contributed by atoms with Crippen molar-refractivity contribution in [2.45, 2.75) is 63.6 Å². The largest absolute Gasteiger partial charge is 0.351 e. The lowest BCUT2D eigenvalue weighted by Crippen LogP contribution is -2.64. The van der Waals surface area contributed by atoms with E-state index in [4.69, 9.17) is 0 Å². The smallest absolute Gasteiger partial charge is 0.271 e. The van der Waals surface area contributed by atoms with Crippen LogP contribution >= 0.6 is 0 Å². The lowest BCUT2D eigenvalue weighted by Gasteiger charge is -2.44. The fraction of sp³-hybridized carbons (Fsp3) is 0.407. The van der Waals surface area contributed by atoms with Gasteiger partial charge in [-0.2, -0.15) is 0 Å². The third-order valence-electron chi connectivity index (χ3n) is 7.21. The number of hydrogen-bond acceptors (Lipinski definition) is 2. The van der Waals surface area contributed by atoms with Gasteiger partial charge in [0.05, 0.1) is 6.54 Å². The number of benzene rings is 2. The normalized spacial score (nSPS) is 21.2. The fourth-order valence-electron chi connectivity index (χ4n) is 5.35. The molecule has 2 amide bonds. The van der Waals surface area contributed by atoms with E-state index < -0.39 is 5.54 Å². The van der Waals surface area contributed by atoms with Gasteiger partial charge in [-0.25, -0.2) is 0 Å². The Labute approximate surface area is 189 Å². The van der Waals surface area contributed by atoms with Crippen LogP contribution < -0.4 is 5.32 Å². The summed E-state index contributed by atoms with van der Waals surface area (Å²) in [5, 5.41) is 4.31. The summed E-state index contributed by atoms with van der Waals surface area (Å²) in [7, 11) is 0. The number of para-hydroxylation sites is 1. The van der Waals surface area contributed by atoms with Gasteiger partial charge in [0.15, 0.2) is 0 Å². The van der Waals surface area contributed by atoms with E-state index in [0.29, 0.717) is 18.8 Å². The summed E-state index contributed by atoms with van der Waals surface area (Å²) in [4.78, 5) is 29.2. The number of nitrogens with zero attached hydrogens (tertiary/aromatic N) is 2. The lowest BCUT2D eigenvalue weighted by molar-refractivity contribution is -0.133. The maximum Gasteiger partial charge on any atom is 0.271 e. The molecule has 2 heterocycles. The third kappa shape index (κ3) is 3.70. The van der Waals surface area contributed by atoms with Crippen molar-refractivity contribution >= 4 is 22.7 Å². The van der Waals surface area contributed by atoms with Gasteiger partial charge in [-0.05, 0) is 50.3 Å². The van der Waals surface area contributed by atoms with Crippen LogP contribution in [0.4, 0.5) is 0 Å². The summed E-state index contributed by atoms with van der Waals surface area (Å²) >= 11 is 0. The number of aromatic nitrogens is 1. The molecule has 5 heteroatoms. The van der Waals surface area contributed by atoms with Crippen LogP contribution in [0.3, 0.4) is 0 Å². The molecule has 2 aliphatic rings. The second-order valence-electron chi connectivity index (χ2n) is 9.45. The van der Waals surface area contributed by atoms with Gasteiger partial charge in [-0.3, -0.25) is 9.59 Å². The van der Waals surface area contributed by atoms with E-state index in [1.807, 2.05) is 64.9 Å². The van der Waals surface area contributed by atoms with Crippen LogP contribution in [0.1, 0.15) is 55.1 Å². The molecular weight excluding hydrogens is 398 g/mol. The Morgan fingerprint density at radius 2 is 1.78 bits per heavy atom. The number of nitrogens with one attached hydrogen (secondary N) is 1. The van der Waals surface area contributed by atoms with E-state index in [0.717, 1.165) is 49.4 Å². The molecule has 0 unspecified atom stereocenters. The van der Waals surface area contributed by atoms with Gasteiger partial charge < -0.3 is 14.8 Å². The molecule has 1 fully saturated rings. The number of carbonyl (C=O) groups is 2. The Balaban J connectivity index is 1.45. The van der Waals surface area contributed by atoms with Crippen LogP contribution in [0, 0.1) is 0 Å². The first-order valence-corrected chi connectivity index (χ1v) is 11.8. The summed E-state index contributed by atoms with van der Waals surface area (Å²) in [6.07, 6.45) is 6.08. The first-order valence-electron chi connectivity index (χ1n) is 11.8. The number of fused-ring (bicyclic) bond motifs is 3. The molecule has 1 N–H and O–H groups in total. The van der Waals surface area contributed by atoms with Gasteiger partial charge in [0.2, 0.25) is 5.91 Å². The van der Waals surface area contributed by atoms with Gasteiger partial charge in [0.1, 0.15) is 11.2 Å². The Morgan fingerprint density at radius 3 is 2.56 bits per heavy atom. The molecule has 2 aromatic carbocycles. The van der Waals surface area contributed by atoms with E-state index in [9.17, 15) is 9.59 Å². The summed E-state index contributed by atoms with van der Waals surface area (Å²) < 4.78 is 2.04. The molecule has 1 atom stereocenters. The molecule has 5 nitrogen and oxygen atoms in total. The van der Waals surface area contributed by atoms with E-state index in [2.05, 4.69) is 17.4 Å². The van der Waals surface area contributed by atoms with Crippen molar-refractivity contribution in [1.29, 1.82) is 0 Å². The molecule has 3 aromatic rings. The zero-order chi connectivity index (χ0) is 22.1. The third-order valence-corrected chi connectivity index (χ3v) is 7.21. The highest BCUT2D eigenvalue weighted by molar-refractivity contribution is 6.03. The predicted molar refractivity (Wildman–Crippen MR) is 127 cm³/mol. The fourth-order valence-corrected chi connectivity index (χ4v) is 5.35. The summed E-state index contributed by atoms with van der Waals surface area (Å²) in [5.41, 5.74) is 2.03. The van der Waals surface area contributed by atoms with Crippen molar-refractivity contribution in [3.63, 3.8) is 0 Å². The molecule has 1 aliphatic heterocycles. The second kappa shape index (κ2) is 8.45. The topological polar surface area (TPSA) is 54.3 Å². The van der Waals surface area contributed by atoms with E-state index in [-0.39, 0.29) is 17.9 Å². The zero-order valence-electron chi connectivity index (χ0n) is 18.7. The first-order chi connectivity index (χ1) is 15.6. The molecule has 32 heavy (non-hydrogen) atoms. The number of carbonyl (C=O) groups excluding carboxylic acids is 2. The van der Waals surface area contributed by atoms with Gasteiger partial charge in [-0.1, -0.05) is 61.4 Å². The predicted octanol–water partition coefficient (Wildman–Crippen LogP) is 4.55.